The van der Waals surface area contributed by atoms with Gasteiger partial charge in [-0.1, -0.05) is 6.07 Å². The van der Waals surface area contributed by atoms with Gasteiger partial charge in [0.2, 0.25) is 0 Å². The van der Waals surface area contributed by atoms with Crippen LogP contribution in [-0.4, -0.2) is 15.9 Å². The topological polar surface area (TPSA) is 80.9 Å². The summed E-state index contributed by atoms with van der Waals surface area (Å²) in [5, 5.41) is 3.49. The van der Waals surface area contributed by atoms with Crippen molar-refractivity contribution >= 4 is 28.3 Å². The minimum atomic E-state index is -0.617. The summed E-state index contributed by atoms with van der Waals surface area (Å²) in [5.74, 6) is -1.16. The summed E-state index contributed by atoms with van der Waals surface area (Å²) < 4.78 is 13.2. The highest BCUT2D eigenvalue weighted by Gasteiger charge is 2.13. The summed E-state index contributed by atoms with van der Waals surface area (Å²) >= 11 is 0. The van der Waals surface area contributed by atoms with Crippen LogP contribution in [0.15, 0.2) is 48.8 Å². The smallest absolute Gasteiger partial charge is 0.259 e. The van der Waals surface area contributed by atoms with Crippen molar-refractivity contribution in [2.24, 2.45) is 0 Å². The molecule has 0 aliphatic rings. The third-order valence-electron chi connectivity index (χ3n) is 3.02. The van der Waals surface area contributed by atoms with Gasteiger partial charge in [-0.2, -0.15) is 0 Å². The normalized spacial score (nSPS) is 10.5. The van der Waals surface area contributed by atoms with Crippen molar-refractivity contribution in [3.05, 3.63) is 60.2 Å². The maximum Gasteiger partial charge on any atom is 0.259 e. The molecule has 2 heterocycles. The first-order valence-electron chi connectivity index (χ1n) is 6.21. The van der Waals surface area contributed by atoms with E-state index in [2.05, 4.69) is 15.3 Å². The molecule has 104 valence electrons. The summed E-state index contributed by atoms with van der Waals surface area (Å²) in [6.45, 7) is 0. The van der Waals surface area contributed by atoms with Gasteiger partial charge < -0.3 is 11.1 Å². The molecule has 0 bridgehead atoms. The fourth-order valence-electron chi connectivity index (χ4n) is 2.03. The number of carbonyl (C=O) groups excluding carboxylic acids is 1. The Balaban J connectivity index is 1.99. The van der Waals surface area contributed by atoms with Gasteiger partial charge >= 0.3 is 0 Å². The van der Waals surface area contributed by atoms with Crippen LogP contribution in [0, 0.1) is 5.82 Å². The number of hydrogen-bond acceptors (Lipinski definition) is 4. The lowest BCUT2D eigenvalue weighted by Crippen LogP contribution is -2.15. The molecular weight excluding hydrogens is 271 g/mol. The molecule has 2 aromatic heterocycles. The van der Waals surface area contributed by atoms with Crippen molar-refractivity contribution in [2.75, 3.05) is 11.1 Å². The van der Waals surface area contributed by atoms with E-state index in [1.807, 2.05) is 12.1 Å². The number of nitrogens with one attached hydrogen (secondary N) is 1. The molecule has 0 aliphatic heterocycles. The van der Waals surface area contributed by atoms with Gasteiger partial charge in [-0.05, 0) is 30.3 Å². The average molecular weight is 282 g/mol. The molecule has 0 unspecified atom stereocenters. The van der Waals surface area contributed by atoms with Crippen molar-refractivity contribution in [1.29, 1.82) is 0 Å². The number of nitrogen functional groups attached to an aromatic ring is 1. The van der Waals surface area contributed by atoms with Crippen molar-refractivity contribution in [3.63, 3.8) is 0 Å². The van der Waals surface area contributed by atoms with Crippen LogP contribution in [0.25, 0.3) is 10.9 Å². The molecule has 6 heteroatoms. The molecule has 3 aromatic rings. The van der Waals surface area contributed by atoms with E-state index in [0.29, 0.717) is 5.69 Å². The SMILES string of the molecule is Nc1ncc(F)cc1C(=O)Nc1cccc2ncccc12. The third-order valence-corrected chi connectivity index (χ3v) is 3.02. The first kappa shape index (κ1) is 13.0. The van der Waals surface area contributed by atoms with E-state index in [4.69, 9.17) is 5.73 Å². The number of anilines is 2. The average Bonchev–Trinajstić information content (AvgIpc) is 2.50. The number of hydrogen-bond donors (Lipinski definition) is 2. The summed E-state index contributed by atoms with van der Waals surface area (Å²) in [4.78, 5) is 20.1. The zero-order valence-electron chi connectivity index (χ0n) is 10.9. The maximum absolute atomic E-state index is 13.2. The summed E-state index contributed by atoms with van der Waals surface area (Å²) in [6.07, 6.45) is 2.64. The Morgan fingerprint density at radius 1 is 1.19 bits per heavy atom. The monoisotopic (exact) mass is 282 g/mol. The number of nitrogens with two attached hydrogens (primary N) is 1. The first-order chi connectivity index (χ1) is 10.1. The van der Waals surface area contributed by atoms with E-state index in [-0.39, 0.29) is 11.4 Å². The molecule has 0 spiro atoms. The fraction of sp³-hybridized carbons (Fsp3) is 0. The number of carbonyl (C=O) groups is 1. The number of rotatable bonds is 2. The minimum absolute atomic E-state index is 0.00380. The molecule has 0 aliphatic carbocycles. The quantitative estimate of drug-likeness (QED) is 0.757. The third kappa shape index (κ3) is 2.51. The van der Waals surface area contributed by atoms with Crippen molar-refractivity contribution < 1.29 is 9.18 Å². The molecule has 3 rings (SSSR count). The van der Waals surface area contributed by atoms with E-state index in [1.54, 1.807) is 24.4 Å². The second-order valence-electron chi connectivity index (χ2n) is 4.42. The largest absolute Gasteiger partial charge is 0.383 e. The van der Waals surface area contributed by atoms with Crippen LogP contribution >= 0.6 is 0 Å². The zero-order valence-corrected chi connectivity index (χ0v) is 10.9. The van der Waals surface area contributed by atoms with Crippen LogP contribution in [-0.2, 0) is 0 Å². The maximum atomic E-state index is 13.2. The van der Waals surface area contributed by atoms with Crippen LogP contribution in [0.2, 0.25) is 0 Å². The van der Waals surface area contributed by atoms with Crippen molar-refractivity contribution in [2.45, 2.75) is 0 Å². The molecule has 5 nitrogen and oxygen atoms in total. The Morgan fingerprint density at radius 2 is 2.05 bits per heavy atom. The van der Waals surface area contributed by atoms with Crippen LogP contribution in [0.3, 0.4) is 0 Å². The van der Waals surface area contributed by atoms with Crippen LogP contribution < -0.4 is 11.1 Å². The summed E-state index contributed by atoms with van der Waals surface area (Å²) in [5.41, 5.74) is 6.93. The van der Waals surface area contributed by atoms with E-state index in [0.717, 1.165) is 23.2 Å². The number of benzene rings is 1. The molecule has 3 N–H and O–H groups in total. The Hall–Kier alpha value is -3.02. The molecule has 1 amide bonds. The van der Waals surface area contributed by atoms with Gasteiger partial charge in [0.05, 0.1) is 23.0 Å². The Bertz CT molecular complexity index is 830. The fourth-order valence-corrected chi connectivity index (χ4v) is 2.03. The highest BCUT2D eigenvalue weighted by molar-refractivity contribution is 6.10. The van der Waals surface area contributed by atoms with Gasteiger partial charge in [-0.25, -0.2) is 9.37 Å². The lowest BCUT2D eigenvalue weighted by Gasteiger charge is -2.09. The van der Waals surface area contributed by atoms with Crippen LogP contribution in [0.5, 0.6) is 0 Å². The second kappa shape index (κ2) is 5.16. The number of nitrogens with zero attached hydrogens (tertiary/aromatic N) is 2. The molecule has 0 saturated carbocycles. The molecule has 0 atom stereocenters. The molecule has 0 fully saturated rings. The van der Waals surface area contributed by atoms with Gasteiger partial charge in [-0.3, -0.25) is 9.78 Å². The minimum Gasteiger partial charge on any atom is -0.383 e. The number of amides is 1. The standard InChI is InChI=1S/C15H11FN4O/c16-9-7-11(14(17)19-8-9)15(21)20-13-5-1-4-12-10(13)3-2-6-18-12/h1-8H,(H2,17,19)(H,20,21). The second-order valence-corrected chi connectivity index (χ2v) is 4.42. The van der Waals surface area contributed by atoms with Gasteiger partial charge in [0, 0.05) is 11.6 Å². The zero-order chi connectivity index (χ0) is 14.8. The lowest BCUT2D eigenvalue weighted by atomic mass is 10.1. The van der Waals surface area contributed by atoms with Crippen LogP contribution in [0.4, 0.5) is 15.9 Å². The number of pyridine rings is 2. The predicted octanol–water partition coefficient (Wildman–Crippen LogP) is 2.60. The van der Waals surface area contributed by atoms with E-state index in [1.165, 1.54) is 0 Å². The van der Waals surface area contributed by atoms with Gasteiger partial charge in [-0.15, -0.1) is 0 Å². The highest BCUT2D eigenvalue weighted by atomic mass is 19.1. The van der Waals surface area contributed by atoms with Crippen molar-refractivity contribution in [1.82, 2.24) is 9.97 Å². The molecule has 21 heavy (non-hydrogen) atoms. The van der Waals surface area contributed by atoms with E-state index >= 15 is 0 Å². The predicted molar refractivity (Wildman–Crippen MR) is 78.3 cm³/mol. The van der Waals surface area contributed by atoms with Crippen LogP contribution in [0.1, 0.15) is 10.4 Å². The van der Waals surface area contributed by atoms with Gasteiger partial charge in [0.15, 0.2) is 0 Å². The molecule has 1 aromatic carbocycles. The first-order valence-corrected chi connectivity index (χ1v) is 6.21. The Kier molecular flexibility index (Phi) is 3.19. The Morgan fingerprint density at radius 3 is 2.90 bits per heavy atom. The molecule has 0 radical (unpaired) electrons. The molecular formula is C15H11FN4O. The van der Waals surface area contributed by atoms with E-state index < -0.39 is 11.7 Å². The number of halogens is 1. The highest BCUT2D eigenvalue weighted by Crippen LogP contribution is 2.22. The van der Waals surface area contributed by atoms with E-state index in [9.17, 15) is 9.18 Å². The summed E-state index contributed by atoms with van der Waals surface area (Å²) in [6, 6.07) is 10.0. The van der Waals surface area contributed by atoms with Gasteiger partial charge in [0.25, 0.3) is 5.91 Å². The summed E-state index contributed by atoms with van der Waals surface area (Å²) in [7, 11) is 0. The van der Waals surface area contributed by atoms with Crippen molar-refractivity contribution in [3.8, 4) is 0 Å². The number of fused-ring (bicyclic) bond motifs is 1. The Labute approximate surface area is 119 Å². The molecule has 0 saturated heterocycles. The van der Waals surface area contributed by atoms with Gasteiger partial charge in [0.1, 0.15) is 11.6 Å². The number of aromatic nitrogens is 2. The lowest BCUT2D eigenvalue weighted by molar-refractivity contribution is 0.102.